The largest absolute Gasteiger partial charge is 0.497 e. The van der Waals surface area contributed by atoms with Crippen molar-refractivity contribution in [3.63, 3.8) is 0 Å². The molecule has 1 heterocycles. The van der Waals surface area contributed by atoms with Crippen LogP contribution in [0.25, 0.3) is 11.4 Å². The molecule has 1 aromatic carbocycles. The van der Waals surface area contributed by atoms with Gasteiger partial charge in [0, 0.05) is 23.7 Å². The number of rotatable bonds is 6. The first kappa shape index (κ1) is 19.0. The first-order chi connectivity index (χ1) is 12.8. The maximum absolute atomic E-state index is 12.8. The second-order valence-corrected chi connectivity index (χ2v) is 7.79. The predicted molar refractivity (Wildman–Crippen MR) is 103 cm³/mol. The fourth-order valence-corrected chi connectivity index (χ4v) is 2.82. The number of aromatic nitrogens is 3. The molecule has 0 atom stereocenters. The van der Waals surface area contributed by atoms with Crippen LogP contribution in [0.15, 0.2) is 29.1 Å². The smallest absolute Gasteiger partial charge is 0.346 e. The number of nitrogens with zero attached hydrogens (tertiary/aromatic N) is 3. The number of ether oxygens (including phenoxy) is 1. The number of hydrogen-bond acceptors (Lipinski definition) is 4. The molecule has 8 nitrogen and oxygen atoms in total. The van der Waals surface area contributed by atoms with Crippen LogP contribution >= 0.6 is 0 Å². The molecule has 0 saturated heterocycles. The van der Waals surface area contributed by atoms with Crippen molar-refractivity contribution in [2.45, 2.75) is 51.7 Å². The van der Waals surface area contributed by atoms with E-state index in [9.17, 15) is 9.59 Å². The van der Waals surface area contributed by atoms with E-state index in [2.05, 4.69) is 15.7 Å². The highest BCUT2D eigenvalue weighted by Crippen LogP contribution is 2.36. The van der Waals surface area contributed by atoms with Gasteiger partial charge < -0.3 is 15.4 Å². The van der Waals surface area contributed by atoms with Crippen molar-refractivity contribution < 1.29 is 9.53 Å². The van der Waals surface area contributed by atoms with Crippen LogP contribution in [0.1, 0.15) is 39.7 Å². The summed E-state index contributed by atoms with van der Waals surface area (Å²) in [6, 6.07) is 7.47. The number of urea groups is 1. The summed E-state index contributed by atoms with van der Waals surface area (Å²) in [5.41, 5.74) is 0.425. The summed E-state index contributed by atoms with van der Waals surface area (Å²) >= 11 is 0. The Morgan fingerprint density at radius 3 is 2.48 bits per heavy atom. The van der Waals surface area contributed by atoms with Crippen LogP contribution in [0, 0.1) is 0 Å². The van der Waals surface area contributed by atoms with Crippen molar-refractivity contribution in [3.05, 3.63) is 34.7 Å². The predicted octanol–water partition coefficient (Wildman–Crippen LogP) is 2.15. The Labute approximate surface area is 158 Å². The molecule has 27 heavy (non-hydrogen) atoms. The maximum Gasteiger partial charge on any atom is 0.346 e. The van der Waals surface area contributed by atoms with E-state index in [0.717, 1.165) is 24.2 Å². The summed E-state index contributed by atoms with van der Waals surface area (Å²) in [6.07, 6.45) is 1.97. The molecule has 0 aliphatic heterocycles. The Morgan fingerprint density at radius 2 is 1.93 bits per heavy atom. The highest BCUT2D eigenvalue weighted by Gasteiger charge is 2.30. The second kappa shape index (κ2) is 7.46. The molecular formula is C19H27N5O3. The molecule has 2 aromatic rings. The van der Waals surface area contributed by atoms with Crippen molar-refractivity contribution in [1.82, 2.24) is 25.0 Å². The Balaban J connectivity index is 1.75. The van der Waals surface area contributed by atoms with Gasteiger partial charge in [0.05, 0.1) is 13.7 Å². The van der Waals surface area contributed by atoms with Crippen molar-refractivity contribution in [2.24, 2.45) is 0 Å². The molecule has 8 heteroatoms. The van der Waals surface area contributed by atoms with Gasteiger partial charge in [0.15, 0.2) is 5.82 Å². The summed E-state index contributed by atoms with van der Waals surface area (Å²) < 4.78 is 8.38. The minimum absolute atomic E-state index is 0.138. The molecule has 0 spiro atoms. The zero-order valence-electron chi connectivity index (χ0n) is 16.3. The molecule has 0 radical (unpaired) electrons. The Bertz CT molecular complexity index is 857. The van der Waals surface area contributed by atoms with Crippen molar-refractivity contribution in [3.8, 4) is 17.1 Å². The average molecular weight is 373 g/mol. The van der Waals surface area contributed by atoms with Crippen LogP contribution in [-0.4, -0.2) is 39.6 Å². The minimum atomic E-state index is -0.310. The first-order valence-electron chi connectivity index (χ1n) is 9.18. The zero-order valence-corrected chi connectivity index (χ0v) is 16.3. The third-order valence-corrected chi connectivity index (χ3v) is 4.23. The number of methoxy groups -OCH3 is 1. The third-order valence-electron chi connectivity index (χ3n) is 4.23. The summed E-state index contributed by atoms with van der Waals surface area (Å²) in [5.74, 6) is 1.41. The Kier molecular flexibility index (Phi) is 5.25. The van der Waals surface area contributed by atoms with Crippen molar-refractivity contribution in [2.75, 3.05) is 13.7 Å². The Morgan fingerprint density at radius 1 is 1.26 bits per heavy atom. The molecule has 1 aromatic heterocycles. The highest BCUT2D eigenvalue weighted by atomic mass is 16.5. The summed E-state index contributed by atoms with van der Waals surface area (Å²) in [7, 11) is 1.62. The van der Waals surface area contributed by atoms with E-state index in [-0.39, 0.29) is 23.3 Å². The normalized spacial score (nSPS) is 14.1. The standard InChI is InChI=1S/C19H27N5O3/c1-19(2,3)21-17(25)20-11-12-23-18(26)24(14-7-8-14)16(22-23)13-5-9-15(27-4)10-6-13/h5-6,9-10,14H,7-8,11-12H2,1-4H3,(H2,20,21,25). The van der Waals surface area contributed by atoms with E-state index in [4.69, 9.17) is 4.74 Å². The van der Waals surface area contributed by atoms with Gasteiger partial charge in [-0.05, 0) is 57.9 Å². The lowest BCUT2D eigenvalue weighted by Gasteiger charge is -2.20. The topological polar surface area (TPSA) is 90.2 Å². The van der Waals surface area contributed by atoms with Gasteiger partial charge in [0.1, 0.15) is 5.75 Å². The van der Waals surface area contributed by atoms with E-state index >= 15 is 0 Å². The van der Waals surface area contributed by atoms with E-state index in [1.807, 2.05) is 45.0 Å². The molecule has 146 valence electrons. The van der Waals surface area contributed by atoms with Crippen LogP contribution in [0.4, 0.5) is 4.79 Å². The first-order valence-corrected chi connectivity index (χ1v) is 9.18. The van der Waals surface area contributed by atoms with Gasteiger partial charge >= 0.3 is 11.7 Å². The van der Waals surface area contributed by atoms with E-state index < -0.39 is 0 Å². The number of hydrogen-bond donors (Lipinski definition) is 2. The van der Waals surface area contributed by atoms with Crippen LogP contribution in [-0.2, 0) is 6.54 Å². The summed E-state index contributed by atoms with van der Waals surface area (Å²) in [5, 5.41) is 10.1. The molecule has 0 unspecified atom stereocenters. The molecule has 1 aliphatic rings. The van der Waals surface area contributed by atoms with Crippen molar-refractivity contribution in [1.29, 1.82) is 0 Å². The molecule has 1 saturated carbocycles. The maximum atomic E-state index is 12.8. The summed E-state index contributed by atoms with van der Waals surface area (Å²) in [4.78, 5) is 24.6. The molecular weight excluding hydrogens is 346 g/mol. The average Bonchev–Trinajstić information content (AvgIpc) is 3.38. The number of benzene rings is 1. The lowest BCUT2D eigenvalue weighted by Crippen LogP contribution is -2.47. The number of amides is 2. The molecule has 2 amide bonds. The van der Waals surface area contributed by atoms with Gasteiger partial charge in [-0.1, -0.05) is 0 Å². The Hall–Kier alpha value is -2.77. The van der Waals surface area contributed by atoms with Gasteiger partial charge in [-0.2, -0.15) is 0 Å². The zero-order chi connectivity index (χ0) is 19.6. The van der Waals surface area contributed by atoms with Gasteiger partial charge in [0.2, 0.25) is 0 Å². The monoisotopic (exact) mass is 373 g/mol. The number of nitrogens with one attached hydrogen (secondary N) is 2. The summed E-state index contributed by atoms with van der Waals surface area (Å²) in [6.45, 7) is 6.38. The lowest BCUT2D eigenvalue weighted by atomic mass is 10.1. The third kappa shape index (κ3) is 4.69. The van der Waals surface area contributed by atoms with Gasteiger partial charge in [-0.3, -0.25) is 4.57 Å². The molecule has 0 bridgehead atoms. The SMILES string of the molecule is COc1ccc(-c2nn(CCNC(=O)NC(C)(C)C)c(=O)n2C2CC2)cc1. The molecule has 1 fully saturated rings. The van der Waals surface area contributed by atoms with Gasteiger partial charge in [-0.25, -0.2) is 14.3 Å². The van der Waals surface area contributed by atoms with Crippen LogP contribution in [0.2, 0.25) is 0 Å². The second-order valence-electron chi connectivity index (χ2n) is 7.79. The molecule has 2 N–H and O–H groups in total. The van der Waals surface area contributed by atoms with Gasteiger partial charge in [-0.15, -0.1) is 5.10 Å². The number of carbonyl (C=O) groups is 1. The fraction of sp³-hybridized carbons (Fsp3) is 0.526. The molecule has 3 rings (SSSR count). The van der Waals surface area contributed by atoms with Crippen molar-refractivity contribution >= 4 is 6.03 Å². The van der Waals surface area contributed by atoms with Crippen LogP contribution in [0.5, 0.6) is 5.75 Å². The van der Waals surface area contributed by atoms with Crippen LogP contribution < -0.4 is 21.1 Å². The highest BCUT2D eigenvalue weighted by molar-refractivity contribution is 5.74. The lowest BCUT2D eigenvalue weighted by molar-refractivity contribution is 0.231. The number of carbonyl (C=O) groups excluding carboxylic acids is 1. The van der Waals surface area contributed by atoms with Crippen LogP contribution in [0.3, 0.4) is 0 Å². The van der Waals surface area contributed by atoms with E-state index in [0.29, 0.717) is 18.9 Å². The quantitative estimate of drug-likeness (QED) is 0.812. The minimum Gasteiger partial charge on any atom is -0.497 e. The van der Waals surface area contributed by atoms with E-state index in [1.54, 1.807) is 11.7 Å². The van der Waals surface area contributed by atoms with E-state index in [1.165, 1.54) is 4.68 Å². The molecule has 1 aliphatic carbocycles. The van der Waals surface area contributed by atoms with Gasteiger partial charge in [0.25, 0.3) is 0 Å². The fourth-order valence-electron chi connectivity index (χ4n) is 2.82.